The summed E-state index contributed by atoms with van der Waals surface area (Å²) in [5, 5.41) is 2.28. The second-order valence-corrected chi connectivity index (χ2v) is 8.16. The van der Waals surface area contributed by atoms with Gasteiger partial charge in [-0.15, -0.1) is 0 Å². The van der Waals surface area contributed by atoms with Gasteiger partial charge in [0.25, 0.3) is 15.9 Å². The smallest absolute Gasteiger partial charge is 0.261 e. The Morgan fingerprint density at radius 1 is 0.857 bits per heavy atom. The molecule has 0 saturated carbocycles. The molecule has 3 aromatic rings. The number of sulfonamides is 1. The number of nitrogens with one attached hydrogen (secondary N) is 2. The van der Waals surface area contributed by atoms with E-state index in [0.717, 1.165) is 12.1 Å². The van der Waals surface area contributed by atoms with E-state index in [-0.39, 0.29) is 31.9 Å². The lowest BCUT2D eigenvalue weighted by molar-refractivity contribution is 0.102. The molecule has 0 aromatic heterocycles. The second-order valence-electron chi connectivity index (χ2n) is 5.66. The van der Waals surface area contributed by atoms with Gasteiger partial charge in [0, 0.05) is 0 Å². The van der Waals surface area contributed by atoms with E-state index in [0.29, 0.717) is 0 Å². The summed E-state index contributed by atoms with van der Waals surface area (Å²) in [5.74, 6) is -1.51. The zero-order valence-corrected chi connectivity index (χ0v) is 16.4. The maximum atomic E-state index is 13.7. The van der Waals surface area contributed by atoms with Crippen molar-refractivity contribution in [3.63, 3.8) is 0 Å². The number of carbonyl (C=O) groups excluding carboxylic acids is 1. The quantitative estimate of drug-likeness (QED) is 0.538. The van der Waals surface area contributed by atoms with Crippen LogP contribution in [0.15, 0.2) is 71.6 Å². The third-order valence-electron chi connectivity index (χ3n) is 3.73. The number of carbonyl (C=O) groups is 1. The van der Waals surface area contributed by atoms with Crippen LogP contribution in [0.5, 0.6) is 0 Å². The van der Waals surface area contributed by atoms with Gasteiger partial charge in [0.2, 0.25) is 0 Å². The molecule has 0 aliphatic rings. The molecule has 0 saturated heterocycles. The molecule has 0 bridgehead atoms. The standard InChI is InChI=1S/C19H13Cl2FN2O3S/c20-14-11-15(21)16(22)10-13(14)19(25)23-17-8-4-5-9-18(17)24-28(26,27)12-6-2-1-3-7-12/h1-11,24H,(H,23,25). The fourth-order valence-corrected chi connectivity index (χ4v) is 3.94. The molecule has 0 aliphatic heterocycles. The molecule has 3 aromatic carbocycles. The van der Waals surface area contributed by atoms with Crippen LogP contribution in [0.25, 0.3) is 0 Å². The lowest BCUT2D eigenvalue weighted by Crippen LogP contribution is -2.17. The third-order valence-corrected chi connectivity index (χ3v) is 5.71. The van der Waals surface area contributed by atoms with Crippen molar-refractivity contribution in [2.45, 2.75) is 4.90 Å². The van der Waals surface area contributed by atoms with Crippen molar-refractivity contribution in [2.24, 2.45) is 0 Å². The summed E-state index contributed by atoms with van der Waals surface area (Å²) >= 11 is 11.6. The Balaban J connectivity index is 1.89. The van der Waals surface area contributed by atoms with Crippen LogP contribution < -0.4 is 10.0 Å². The fourth-order valence-electron chi connectivity index (χ4n) is 2.37. The largest absolute Gasteiger partial charge is 0.320 e. The van der Waals surface area contributed by atoms with Crippen LogP contribution in [0.1, 0.15) is 10.4 Å². The van der Waals surface area contributed by atoms with Crippen molar-refractivity contribution < 1.29 is 17.6 Å². The lowest BCUT2D eigenvalue weighted by Gasteiger charge is -2.14. The minimum absolute atomic E-state index is 0.0359. The number of halogens is 3. The van der Waals surface area contributed by atoms with E-state index in [1.54, 1.807) is 30.3 Å². The maximum Gasteiger partial charge on any atom is 0.261 e. The van der Waals surface area contributed by atoms with Crippen LogP contribution in [0.4, 0.5) is 15.8 Å². The van der Waals surface area contributed by atoms with Gasteiger partial charge in [0.1, 0.15) is 5.82 Å². The summed E-state index contributed by atoms with van der Waals surface area (Å²) in [4.78, 5) is 12.6. The molecule has 0 fully saturated rings. The zero-order valence-electron chi connectivity index (χ0n) is 14.1. The number of hydrogen-bond acceptors (Lipinski definition) is 3. The van der Waals surface area contributed by atoms with Crippen molar-refractivity contribution in [3.8, 4) is 0 Å². The molecule has 9 heteroatoms. The first-order chi connectivity index (χ1) is 13.3. The van der Waals surface area contributed by atoms with Gasteiger partial charge in [-0.1, -0.05) is 53.5 Å². The number of amides is 1. The maximum absolute atomic E-state index is 13.7. The highest BCUT2D eigenvalue weighted by molar-refractivity contribution is 7.92. The summed E-state index contributed by atoms with van der Waals surface area (Å²) in [6, 6.07) is 16.0. The molecule has 3 rings (SSSR count). The summed E-state index contributed by atoms with van der Waals surface area (Å²) < 4.78 is 41.2. The Morgan fingerprint density at radius 2 is 1.46 bits per heavy atom. The van der Waals surface area contributed by atoms with E-state index in [4.69, 9.17) is 23.2 Å². The lowest BCUT2D eigenvalue weighted by atomic mass is 10.2. The molecule has 0 heterocycles. The molecule has 0 atom stereocenters. The van der Waals surface area contributed by atoms with E-state index in [2.05, 4.69) is 10.0 Å². The summed E-state index contributed by atoms with van der Waals surface area (Å²) in [5.41, 5.74) is 0.188. The average Bonchev–Trinajstić information content (AvgIpc) is 2.66. The van der Waals surface area contributed by atoms with Gasteiger partial charge < -0.3 is 5.32 Å². The average molecular weight is 439 g/mol. The van der Waals surface area contributed by atoms with Crippen LogP contribution in [-0.4, -0.2) is 14.3 Å². The van der Waals surface area contributed by atoms with Crippen LogP contribution in [-0.2, 0) is 10.0 Å². The van der Waals surface area contributed by atoms with Crippen LogP contribution in [0, 0.1) is 5.82 Å². The van der Waals surface area contributed by atoms with Gasteiger partial charge in [-0.2, -0.15) is 0 Å². The molecule has 144 valence electrons. The molecular weight excluding hydrogens is 426 g/mol. The predicted octanol–water partition coefficient (Wildman–Crippen LogP) is 5.19. The van der Waals surface area contributed by atoms with Gasteiger partial charge in [0.15, 0.2) is 0 Å². The van der Waals surface area contributed by atoms with E-state index in [1.165, 1.54) is 24.3 Å². The van der Waals surface area contributed by atoms with Crippen LogP contribution in [0.3, 0.4) is 0 Å². The molecule has 5 nitrogen and oxygen atoms in total. The van der Waals surface area contributed by atoms with Crippen molar-refractivity contribution in [1.29, 1.82) is 0 Å². The Hall–Kier alpha value is -2.61. The number of rotatable bonds is 5. The minimum atomic E-state index is -3.86. The third kappa shape index (κ3) is 4.44. The van der Waals surface area contributed by atoms with Gasteiger partial charge in [-0.25, -0.2) is 12.8 Å². The van der Waals surface area contributed by atoms with Gasteiger partial charge in [-0.05, 0) is 36.4 Å². The zero-order chi connectivity index (χ0) is 20.3. The number of anilines is 2. The molecule has 1 amide bonds. The Bertz CT molecular complexity index is 1140. The van der Waals surface area contributed by atoms with Crippen molar-refractivity contribution in [1.82, 2.24) is 0 Å². The van der Waals surface area contributed by atoms with E-state index < -0.39 is 21.7 Å². The first-order valence-corrected chi connectivity index (χ1v) is 10.1. The van der Waals surface area contributed by atoms with Crippen LogP contribution >= 0.6 is 23.2 Å². The Morgan fingerprint density at radius 3 is 2.14 bits per heavy atom. The highest BCUT2D eigenvalue weighted by atomic mass is 35.5. The van der Waals surface area contributed by atoms with Gasteiger partial charge in [-0.3, -0.25) is 9.52 Å². The van der Waals surface area contributed by atoms with Gasteiger partial charge in [0.05, 0.1) is 31.9 Å². The minimum Gasteiger partial charge on any atom is -0.320 e. The Kier molecular flexibility index (Phi) is 5.88. The number of hydrogen-bond donors (Lipinski definition) is 2. The predicted molar refractivity (Wildman–Crippen MR) is 108 cm³/mol. The molecule has 0 unspecified atom stereocenters. The highest BCUT2D eigenvalue weighted by Crippen LogP contribution is 2.28. The van der Waals surface area contributed by atoms with E-state index in [1.807, 2.05) is 0 Å². The number of benzene rings is 3. The molecule has 0 aliphatic carbocycles. The van der Waals surface area contributed by atoms with E-state index in [9.17, 15) is 17.6 Å². The number of para-hydroxylation sites is 2. The second kappa shape index (κ2) is 8.18. The molecule has 0 radical (unpaired) electrons. The molecular formula is C19H13Cl2FN2O3S. The summed E-state index contributed by atoms with van der Waals surface area (Å²) in [7, 11) is -3.86. The molecule has 28 heavy (non-hydrogen) atoms. The Labute approximate surface area is 171 Å². The first kappa shape index (κ1) is 20.1. The molecule has 0 spiro atoms. The highest BCUT2D eigenvalue weighted by Gasteiger charge is 2.18. The first-order valence-electron chi connectivity index (χ1n) is 7.91. The SMILES string of the molecule is O=C(Nc1ccccc1NS(=O)(=O)c1ccccc1)c1cc(F)c(Cl)cc1Cl. The van der Waals surface area contributed by atoms with E-state index >= 15 is 0 Å². The van der Waals surface area contributed by atoms with Crippen molar-refractivity contribution >= 4 is 50.5 Å². The monoisotopic (exact) mass is 438 g/mol. The van der Waals surface area contributed by atoms with Crippen molar-refractivity contribution in [2.75, 3.05) is 10.0 Å². The summed E-state index contributed by atoms with van der Waals surface area (Å²) in [6.45, 7) is 0. The normalized spacial score (nSPS) is 11.1. The fraction of sp³-hybridized carbons (Fsp3) is 0. The summed E-state index contributed by atoms with van der Waals surface area (Å²) in [6.07, 6.45) is 0. The molecule has 2 N–H and O–H groups in total. The van der Waals surface area contributed by atoms with Gasteiger partial charge >= 0.3 is 0 Å². The van der Waals surface area contributed by atoms with Crippen molar-refractivity contribution in [3.05, 3.63) is 88.2 Å². The van der Waals surface area contributed by atoms with Crippen LogP contribution in [0.2, 0.25) is 10.0 Å². The topological polar surface area (TPSA) is 75.3 Å².